The van der Waals surface area contributed by atoms with Crippen LogP contribution in [-0.2, 0) is 0 Å². The molecule has 1 heterocycles. The van der Waals surface area contributed by atoms with Crippen molar-refractivity contribution < 1.29 is 5.11 Å². The quantitative estimate of drug-likeness (QED) is 0.753. The Kier molecular flexibility index (Phi) is 4.39. The summed E-state index contributed by atoms with van der Waals surface area (Å²) in [5.41, 5.74) is 7.64. The zero-order chi connectivity index (χ0) is 14.6. The van der Waals surface area contributed by atoms with Crippen LogP contribution < -0.4 is 11.1 Å². The minimum Gasteiger partial charge on any atom is -0.396 e. The molecule has 2 aromatic rings. The van der Waals surface area contributed by atoms with Gasteiger partial charge in [-0.3, -0.25) is 0 Å². The average Bonchev–Trinajstić information content (AvgIpc) is 2.43. The van der Waals surface area contributed by atoms with Crippen LogP contribution in [0.5, 0.6) is 0 Å². The Morgan fingerprint density at radius 2 is 1.85 bits per heavy atom. The minimum absolute atomic E-state index is 0.0719. The molecule has 0 atom stereocenters. The van der Waals surface area contributed by atoms with E-state index < -0.39 is 0 Å². The molecule has 0 aliphatic rings. The van der Waals surface area contributed by atoms with Gasteiger partial charge in [0.2, 0.25) is 0 Å². The maximum atomic E-state index is 8.91. The number of fused-ring (bicyclic) bond motifs is 1. The fourth-order valence-electron chi connectivity index (χ4n) is 2.11. The van der Waals surface area contributed by atoms with E-state index in [1.165, 1.54) is 0 Å². The number of benzene rings is 1. The third-order valence-corrected chi connectivity index (χ3v) is 3.34. The fraction of sp³-hybridized carbons (Fsp3) is 0.467. The first-order valence-corrected chi connectivity index (χ1v) is 6.89. The third kappa shape index (κ3) is 3.57. The van der Waals surface area contributed by atoms with Gasteiger partial charge in [0.05, 0.1) is 11.0 Å². The molecule has 1 aromatic carbocycles. The van der Waals surface area contributed by atoms with Crippen molar-refractivity contribution in [1.82, 2.24) is 9.97 Å². The number of nitrogen functional groups attached to an aromatic ring is 1. The van der Waals surface area contributed by atoms with Gasteiger partial charge in [-0.05, 0) is 30.4 Å². The second kappa shape index (κ2) is 6.05. The predicted octanol–water partition coefficient (Wildman–Crippen LogP) is 2.42. The summed E-state index contributed by atoms with van der Waals surface area (Å²) < 4.78 is 0. The number of rotatable bonds is 6. The number of hydrogen-bond acceptors (Lipinski definition) is 5. The van der Waals surface area contributed by atoms with Crippen molar-refractivity contribution in [1.29, 1.82) is 0 Å². The highest BCUT2D eigenvalue weighted by Gasteiger charge is 2.18. The Balaban J connectivity index is 2.11. The minimum atomic E-state index is 0.0719. The summed E-state index contributed by atoms with van der Waals surface area (Å²) in [5, 5.41) is 12.2. The van der Waals surface area contributed by atoms with Crippen LogP contribution in [0, 0.1) is 5.41 Å². The third-order valence-electron chi connectivity index (χ3n) is 3.34. The summed E-state index contributed by atoms with van der Waals surface area (Å²) in [6.07, 6.45) is 1.74. The van der Waals surface area contributed by atoms with E-state index in [1.807, 2.05) is 24.3 Å². The van der Waals surface area contributed by atoms with Crippen LogP contribution in [0.1, 0.15) is 26.7 Å². The Morgan fingerprint density at radius 3 is 2.50 bits per heavy atom. The SMILES string of the molecule is CC(C)(CCCO)CNc1nc2ccccc2nc1N. The molecule has 0 radical (unpaired) electrons. The molecule has 0 spiro atoms. The van der Waals surface area contributed by atoms with Gasteiger partial charge in [-0.25, -0.2) is 9.97 Å². The second-order valence-corrected chi connectivity index (χ2v) is 5.79. The van der Waals surface area contributed by atoms with Crippen molar-refractivity contribution in [3.8, 4) is 0 Å². The lowest BCUT2D eigenvalue weighted by Gasteiger charge is -2.25. The molecule has 5 heteroatoms. The molecule has 0 saturated carbocycles. The summed E-state index contributed by atoms with van der Waals surface area (Å²) in [6, 6.07) is 7.67. The van der Waals surface area contributed by atoms with Gasteiger partial charge in [0.1, 0.15) is 0 Å². The average molecular weight is 274 g/mol. The van der Waals surface area contributed by atoms with Gasteiger partial charge in [0, 0.05) is 13.2 Å². The summed E-state index contributed by atoms with van der Waals surface area (Å²) in [4.78, 5) is 8.86. The van der Waals surface area contributed by atoms with E-state index >= 15 is 0 Å². The van der Waals surface area contributed by atoms with Crippen molar-refractivity contribution in [2.24, 2.45) is 5.41 Å². The zero-order valence-corrected chi connectivity index (χ0v) is 12.1. The van der Waals surface area contributed by atoms with Crippen molar-refractivity contribution in [3.63, 3.8) is 0 Å². The Labute approximate surface area is 119 Å². The number of aliphatic hydroxyl groups excluding tert-OH is 1. The fourth-order valence-corrected chi connectivity index (χ4v) is 2.11. The van der Waals surface area contributed by atoms with Crippen LogP contribution in [0.25, 0.3) is 11.0 Å². The normalized spacial score (nSPS) is 11.8. The number of nitrogens with two attached hydrogens (primary N) is 1. The van der Waals surface area contributed by atoms with Crippen LogP contribution in [0.4, 0.5) is 11.6 Å². The monoisotopic (exact) mass is 274 g/mol. The highest BCUT2D eigenvalue weighted by molar-refractivity contribution is 5.79. The van der Waals surface area contributed by atoms with E-state index in [1.54, 1.807) is 0 Å². The van der Waals surface area contributed by atoms with Crippen LogP contribution in [-0.4, -0.2) is 28.2 Å². The number of para-hydroxylation sites is 2. The molecule has 0 bridgehead atoms. The van der Waals surface area contributed by atoms with Gasteiger partial charge in [-0.15, -0.1) is 0 Å². The lowest BCUT2D eigenvalue weighted by molar-refractivity contribution is 0.248. The predicted molar refractivity (Wildman–Crippen MR) is 82.5 cm³/mol. The van der Waals surface area contributed by atoms with E-state index in [2.05, 4.69) is 29.1 Å². The summed E-state index contributed by atoms with van der Waals surface area (Å²) in [7, 11) is 0. The zero-order valence-electron chi connectivity index (χ0n) is 12.1. The molecule has 20 heavy (non-hydrogen) atoms. The van der Waals surface area contributed by atoms with Crippen molar-refractivity contribution in [3.05, 3.63) is 24.3 Å². The molecular weight excluding hydrogens is 252 g/mol. The van der Waals surface area contributed by atoms with Crippen molar-refractivity contribution in [2.75, 3.05) is 24.2 Å². The van der Waals surface area contributed by atoms with Gasteiger partial charge in [0.15, 0.2) is 11.6 Å². The molecule has 108 valence electrons. The van der Waals surface area contributed by atoms with Gasteiger partial charge in [-0.2, -0.15) is 0 Å². The summed E-state index contributed by atoms with van der Waals surface area (Å²) >= 11 is 0. The number of nitrogens with one attached hydrogen (secondary N) is 1. The standard InChI is InChI=1S/C15H22N4O/c1-15(2,8-5-9-20)10-17-14-13(16)18-11-6-3-4-7-12(11)19-14/h3-4,6-7,20H,5,8-10H2,1-2H3,(H2,16,18)(H,17,19). The number of nitrogens with zero attached hydrogens (tertiary/aromatic N) is 2. The second-order valence-electron chi connectivity index (χ2n) is 5.79. The number of anilines is 2. The van der Waals surface area contributed by atoms with E-state index in [9.17, 15) is 0 Å². The van der Waals surface area contributed by atoms with Crippen molar-refractivity contribution >= 4 is 22.7 Å². The maximum Gasteiger partial charge on any atom is 0.169 e. The smallest absolute Gasteiger partial charge is 0.169 e. The Hall–Kier alpha value is -1.88. The van der Waals surface area contributed by atoms with Crippen LogP contribution in [0.2, 0.25) is 0 Å². The molecule has 5 nitrogen and oxygen atoms in total. The number of aliphatic hydroxyl groups is 1. The maximum absolute atomic E-state index is 8.91. The first kappa shape index (κ1) is 14.5. The molecule has 0 amide bonds. The van der Waals surface area contributed by atoms with Gasteiger partial charge in [0.25, 0.3) is 0 Å². The van der Waals surface area contributed by atoms with Crippen LogP contribution in [0.15, 0.2) is 24.3 Å². The molecule has 0 aliphatic carbocycles. The lowest BCUT2D eigenvalue weighted by atomic mass is 9.88. The summed E-state index contributed by atoms with van der Waals surface area (Å²) in [5.74, 6) is 1.04. The van der Waals surface area contributed by atoms with E-state index in [4.69, 9.17) is 10.8 Å². The molecule has 0 aliphatic heterocycles. The lowest BCUT2D eigenvalue weighted by Crippen LogP contribution is -2.24. The number of hydrogen-bond donors (Lipinski definition) is 3. The molecule has 0 fully saturated rings. The van der Waals surface area contributed by atoms with Gasteiger partial charge < -0.3 is 16.2 Å². The first-order chi connectivity index (χ1) is 9.52. The molecule has 4 N–H and O–H groups in total. The van der Waals surface area contributed by atoms with E-state index in [0.29, 0.717) is 11.6 Å². The largest absolute Gasteiger partial charge is 0.396 e. The summed E-state index contributed by atoms with van der Waals surface area (Å²) in [6.45, 7) is 5.27. The highest BCUT2D eigenvalue weighted by atomic mass is 16.2. The van der Waals surface area contributed by atoms with E-state index in [-0.39, 0.29) is 12.0 Å². The Morgan fingerprint density at radius 1 is 1.20 bits per heavy atom. The molecular formula is C15H22N4O. The topological polar surface area (TPSA) is 84.1 Å². The Bertz CT molecular complexity index is 583. The molecule has 2 rings (SSSR count). The van der Waals surface area contributed by atoms with Gasteiger partial charge in [-0.1, -0.05) is 26.0 Å². The van der Waals surface area contributed by atoms with Crippen molar-refractivity contribution in [2.45, 2.75) is 26.7 Å². The molecule has 0 unspecified atom stereocenters. The first-order valence-electron chi connectivity index (χ1n) is 6.89. The highest BCUT2D eigenvalue weighted by Crippen LogP contribution is 2.24. The van der Waals surface area contributed by atoms with Gasteiger partial charge >= 0.3 is 0 Å². The van der Waals surface area contributed by atoms with Crippen LogP contribution in [0.3, 0.4) is 0 Å². The molecule has 1 aromatic heterocycles. The molecule has 0 saturated heterocycles. The van der Waals surface area contributed by atoms with E-state index in [0.717, 1.165) is 30.4 Å². The van der Waals surface area contributed by atoms with Crippen LogP contribution >= 0.6 is 0 Å². The number of aromatic nitrogens is 2.